The van der Waals surface area contributed by atoms with Gasteiger partial charge in [-0.1, -0.05) is 6.08 Å². The SMILES string of the molecule is C/C=C(\C)N[C@@H](CCSC)C(=O)O. The summed E-state index contributed by atoms with van der Waals surface area (Å²) in [6.45, 7) is 3.75. The van der Waals surface area contributed by atoms with Gasteiger partial charge in [0.1, 0.15) is 6.04 Å². The van der Waals surface area contributed by atoms with Crippen LogP contribution in [0.2, 0.25) is 0 Å². The zero-order chi connectivity index (χ0) is 10.3. The minimum Gasteiger partial charge on any atom is -0.480 e. The molecule has 0 aliphatic heterocycles. The van der Waals surface area contributed by atoms with E-state index in [9.17, 15) is 4.79 Å². The van der Waals surface area contributed by atoms with Crippen molar-refractivity contribution >= 4 is 17.7 Å². The molecule has 3 nitrogen and oxygen atoms in total. The molecule has 1 atom stereocenters. The fourth-order valence-corrected chi connectivity index (χ4v) is 1.32. The van der Waals surface area contributed by atoms with Crippen molar-refractivity contribution in [2.75, 3.05) is 12.0 Å². The number of aliphatic carboxylic acids is 1. The van der Waals surface area contributed by atoms with Crippen LogP contribution >= 0.6 is 11.8 Å². The van der Waals surface area contributed by atoms with Crippen molar-refractivity contribution < 1.29 is 9.90 Å². The lowest BCUT2D eigenvalue weighted by Gasteiger charge is -2.15. The summed E-state index contributed by atoms with van der Waals surface area (Å²) in [4.78, 5) is 10.8. The predicted molar refractivity (Wildman–Crippen MR) is 57.0 cm³/mol. The first kappa shape index (κ1) is 12.4. The molecule has 0 spiro atoms. The number of carboxylic acids is 1. The molecule has 0 bridgehead atoms. The summed E-state index contributed by atoms with van der Waals surface area (Å²) in [6.07, 6.45) is 4.50. The van der Waals surface area contributed by atoms with Crippen LogP contribution in [0.3, 0.4) is 0 Å². The van der Waals surface area contributed by atoms with Gasteiger partial charge in [0.2, 0.25) is 0 Å². The minimum atomic E-state index is -0.782. The molecule has 0 aliphatic rings. The number of rotatable bonds is 6. The Labute approximate surface area is 83.6 Å². The standard InChI is InChI=1S/C9H17NO2S/c1-4-7(2)10-8(9(11)12)5-6-13-3/h4,8,10H,5-6H2,1-3H3,(H,11,12)/b7-4+/t8-/m0/s1. The molecule has 0 unspecified atom stereocenters. The third-order valence-electron chi connectivity index (χ3n) is 1.74. The van der Waals surface area contributed by atoms with Crippen molar-refractivity contribution in [3.63, 3.8) is 0 Å². The van der Waals surface area contributed by atoms with E-state index in [1.165, 1.54) is 0 Å². The second kappa shape index (κ2) is 6.83. The van der Waals surface area contributed by atoms with Crippen LogP contribution in [-0.2, 0) is 4.79 Å². The molecule has 0 amide bonds. The van der Waals surface area contributed by atoms with Crippen molar-refractivity contribution in [1.29, 1.82) is 0 Å². The molecule has 0 radical (unpaired) electrons. The van der Waals surface area contributed by atoms with Crippen molar-refractivity contribution in [2.45, 2.75) is 26.3 Å². The fourth-order valence-electron chi connectivity index (χ4n) is 0.851. The molecular weight excluding hydrogens is 186 g/mol. The van der Waals surface area contributed by atoms with Crippen molar-refractivity contribution in [1.82, 2.24) is 5.32 Å². The van der Waals surface area contributed by atoms with Gasteiger partial charge in [-0.3, -0.25) is 0 Å². The lowest BCUT2D eigenvalue weighted by molar-refractivity contribution is -0.139. The van der Waals surface area contributed by atoms with Crippen LogP contribution < -0.4 is 5.32 Å². The molecule has 76 valence electrons. The van der Waals surface area contributed by atoms with Crippen LogP contribution in [-0.4, -0.2) is 29.1 Å². The maximum Gasteiger partial charge on any atom is 0.326 e. The Morgan fingerprint density at radius 1 is 1.69 bits per heavy atom. The summed E-state index contributed by atoms with van der Waals surface area (Å²) in [5.74, 6) is 0.0799. The third-order valence-corrected chi connectivity index (χ3v) is 2.39. The summed E-state index contributed by atoms with van der Waals surface area (Å²) in [5.41, 5.74) is 0.911. The first-order chi connectivity index (χ1) is 6.11. The van der Waals surface area contributed by atoms with Gasteiger partial charge in [0, 0.05) is 5.70 Å². The monoisotopic (exact) mass is 203 g/mol. The van der Waals surface area contributed by atoms with Gasteiger partial charge in [-0.25, -0.2) is 4.79 Å². The Morgan fingerprint density at radius 2 is 2.31 bits per heavy atom. The number of nitrogens with one attached hydrogen (secondary N) is 1. The Morgan fingerprint density at radius 3 is 2.69 bits per heavy atom. The fraction of sp³-hybridized carbons (Fsp3) is 0.667. The van der Waals surface area contributed by atoms with E-state index < -0.39 is 12.0 Å². The van der Waals surface area contributed by atoms with Gasteiger partial charge < -0.3 is 10.4 Å². The average Bonchev–Trinajstić information content (AvgIpc) is 2.11. The Kier molecular flexibility index (Phi) is 6.49. The maximum absolute atomic E-state index is 10.8. The van der Waals surface area contributed by atoms with Crippen LogP contribution in [0.15, 0.2) is 11.8 Å². The molecule has 0 fully saturated rings. The molecule has 0 saturated heterocycles. The van der Waals surface area contributed by atoms with Gasteiger partial charge in [0.15, 0.2) is 0 Å². The Hall–Kier alpha value is -0.640. The second-order valence-corrected chi connectivity index (χ2v) is 3.77. The van der Waals surface area contributed by atoms with E-state index in [1.54, 1.807) is 11.8 Å². The van der Waals surface area contributed by atoms with Gasteiger partial charge >= 0.3 is 5.97 Å². The highest BCUT2D eigenvalue weighted by atomic mass is 32.2. The highest BCUT2D eigenvalue weighted by molar-refractivity contribution is 7.98. The highest BCUT2D eigenvalue weighted by Crippen LogP contribution is 2.02. The van der Waals surface area contributed by atoms with E-state index in [2.05, 4.69) is 5.32 Å². The highest BCUT2D eigenvalue weighted by Gasteiger charge is 2.15. The quantitative estimate of drug-likeness (QED) is 0.690. The van der Waals surface area contributed by atoms with Crippen LogP contribution in [0.5, 0.6) is 0 Å². The van der Waals surface area contributed by atoms with Crippen LogP contribution in [0.25, 0.3) is 0 Å². The maximum atomic E-state index is 10.8. The summed E-state index contributed by atoms with van der Waals surface area (Å²) in [6, 6.07) is -0.455. The van der Waals surface area contributed by atoms with Crippen LogP contribution in [0.4, 0.5) is 0 Å². The van der Waals surface area contributed by atoms with Crippen LogP contribution in [0.1, 0.15) is 20.3 Å². The van der Waals surface area contributed by atoms with Crippen molar-refractivity contribution in [2.24, 2.45) is 0 Å². The average molecular weight is 203 g/mol. The molecule has 4 heteroatoms. The predicted octanol–water partition coefficient (Wildman–Crippen LogP) is 1.71. The van der Waals surface area contributed by atoms with Crippen LogP contribution in [0, 0.1) is 0 Å². The lowest BCUT2D eigenvalue weighted by Crippen LogP contribution is -2.35. The number of hydrogen-bond donors (Lipinski definition) is 2. The molecule has 13 heavy (non-hydrogen) atoms. The Bertz CT molecular complexity index is 192. The van der Waals surface area contributed by atoms with Gasteiger partial charge in [-0.15, -0.1) is 0 Å². The smallest absolute Gasteiger partial charge is 0.326 e. The van der Waals surface area contributed by atoms with E-state index in [1.807, 2.05) is 26.2 Å². The molecule has 0 aromatic heterocycles. The largest absolute Gasteiger partial charge is 0.480 e. The summed E-state index contributed by atoms with van der Waals surface area (Å²) in [5, 5.41) is 11.8. The zero-order valence-corrected chi connectivity index (χ0v) is 9.15. The van der Waals surface area contributed by atoms with Crippen molar-refractivity contribution in [3.05, 3.63) is 11.8 Å². The van der Waals surface area contributed by atoms with E-state index >= 15 is 0 Å². The molecule has 0 rings (SSSR count). The topological polar surface area (TPSA) is 49.3 Å². The van der Waals surface area contributed by atoms with E-state index in [-0.39, 0.29) is 0 Å². The van der Waals surface area contributed by atoms with E-state index in [0.29, 0.717) is 6.42 Å². The molecule has 0 aliphatic carbocycles. The first-order valence-electron chi connectivity index (χ1n) is 4.23. The summed E-state index contributed by atoms with van der Waals surface area (Å²) >= 11 is 1.66. The summed E-state index contributed by atoms with van der Waals surface area (Å²) in [7, 11) is 0. The first-order valence-corrected chi connectivity index (χ1v) is 5.62. The van der Waals surface area contributed by atoms with E-state index in [0.717, 1.165) is 11.4 Å². The normalized spacial score (nSPS) is 13.9. The Balaban J connectivity index is 4.02. The zero-order valence-electron chi connectivity index (χ0n) is 8.33. The lowest BCUT2D eigenvalue weighted by atomic mass is 10.2. The number of thioether (sulfide) groups is 1. The second-order valence-electron chi connectivity index (χ2n) is 2.79. The number of carboxylic acid groups (broad SMARTS) is 1. The van der Waals surface area contributed by atoms with Crippen molar-refractivity contribution in [3.8, 4) is 0 Å². The van der Waals surface area contributed by atoms with Gasteiger partial charge in [0.25, 0.3) is 0 Å². The molecule has 0 saturated carbocycles. The summed E-state index contributed by atoms with van der Waals surface area (Å²) < 4.78 is 0. The molecule has 0 aromatic carbocycles. The molecule has 0 aromatic rings. The number of hydrogen-bond acceptors (Lipinski definition) is 3. The number of allylic oxidation sites excluding steroid dienone is 2. The van der Waals surface area contributed by atoms with Gasteiger partial charge in [-0.2, -0.15) is 11.8 Å². The third kappa shape index (κ3) is 5.58. The van der Waals surface area contributed by atoms with Gasteiger partial charge in [-0.05, 0) is 32.3 Å². The number of carbonyl (C=O) groups is 1. The van der Waals surface area contributed by atoms with E-state index in [4.69, 9.17) is 5.11 Å². The molecular formula is C9H17NO2S. The minimum absolute atomic E-state index is 0.455. The molecule has 0 heterocycles. The van der Waals surface area contributed by atoms with Gasteiger partial charge in [0.05, 0.1) is 0 Å². The molecule has 2 N–H and O–H groups in total.